The zero-order valence-electron chi connectivity index (χ0n) is 17.6. The van der Waals surface area contributed by atoms with Crippen LogP contribution in [-0.2, 0) is 0 Å². The van der Waals surface area contributed by atoms with Gasteiger partial charge in [0.25, 0.3) is 0 Å². The van der Waals surface area contributed by atoms with Gasteiger partial charge in [-0.3, -0.25) is 0 Å². The number of hydrogen-bond acceptors (Lipinski definition) is 1. The molecule has 0 aliphatic heterocycles. The molecule has 0 spiro atoms. The molecule has 1 aromatic rings. The quantitative estimate of drug-likeness (QED) is 0.619. The molecule has 1 unspecified atom stereocenters. The Morgan fingerprint density at radius 3 is 2.11 bits per heavy atom. The molecule has 5 fully saturated rings. The third-order valence-corrected chi connectivity index (χ3v) is 9.01. The minimum Gasteiger partial charge on any atom is -0.327 e. The van der Waals surface area contributed by atoms with Crippen LogP contribution in [0, 0.1) is 40.9 Å². The normalized spacial score (nSPS) is 36.6. The summed E-state index contributed by atoms with van der Waals surface area (Å²) in [6, 6.07) is 9.62. The van der Waals surface area contributed by atoms with E-state index in [0.717, 1.165) is 36.0 Å². The lowest BCUT2D eigenvalue weighted by Crippen LogP contribution is -2.43. The van der Waals surface area contributed by atoms with E-state index in [-0.39, 0.29) is 11.5 Å². The summed E-state index contributed by atoms with van der Waals surface area (Å²) in [5, 5.41) is 0. The Kier molecular flexibility index (Phi) is 5.04. The topological polar surface area (TPSA) is 26.0 Å². The minimum absolute atomic E-state index is 0.251. The summed E-state index contributed by atoms with van der Waals surface area (Å²) in [6.45, 7) is 2.19. The van der Waals surface area contributed by atoms with Crippen molar-refractivity contribution in [1.29, 1.82) is 0 Å². The average molecular weight is 376 g/mol. The molecule has 5 aliphatic carbocycles. The number of hydrogen-bond donors (Lipinski definition) is 1. The third-order valence-electron chi connectivity index (χ3n) is 9.01. The molecule has 2 N–H and O–H groups in total. The highest BCUT2D eigenvalue weighted by molar-refractivity contribution is 5.38. The van der Waals surface area contributed by atoms with Crippen LogP contribution in [0.2, 0.25) is 0 Å². The van der Waals surface area contributed by atoms with Crippen LogP contribution in [0.4, 0.5) is 0 Å². The Hall–Kier alpha value is -1.26. The molecular formula is C27H37N. The fourth-order valence-corrected chi connectivity index (χ4v) is 7.63. The monoisotopic (exact) mass is 375 g/mol. The summed E-state index contributed by atoms with van der Waals surface area (Å²) >= 11 is 0. The van der Waals surface area contributed by atoms with Crippen molar-refractivity contribution in [2.24, 2.45) is 34.8 Å². The second-order valence-electron chi connectivity index (χ2n) is 10.8. The molecule has 6 rings (SSSR count). The van der Waals surface area contributed by atoms with Gasteiger partial charge in [0.15, 0.2) is 0 Å². The van der Waals surface area contributed by atoms with Gasteiger partial charge in [-0.1, -0.05) is 43.2 Å². The van der Waals surface area contributed by atoms with Crippen molar-refractivity contribution in [3.63, 3.8) is 0 Å². The predicted octanol–water partition coefficient (Wildman–Crippen LogP) is 6.27. The lowest BCUT2D eigenvalue weighted by molar-refractivity contribution is -0.00277. The molecule has 150 valence electrons. The average Bonchev–Trinajstić information content (AvgIpc) is 2.69. The largest absolute Gasteiger partial charge is 0.327 e. The van der Waals surface area contributed by atoms with Gasteiger partial charge in [0.05, 0.1) is 0 Å². The molecule has 0 radical (unpaired) electrons. The van der Waals surface area contributed by atoms with E-state index in [1.54, 1.807) is 5.56 Å². The first kappa shape index (κ1) is 18.7. The van der Waals surface area contributed by atoms with Crippen LogP contribution in [0.5, 0.6) is 0 Å². The van der Waals surface area contributed by atoms with Crippen LogP contribution in [0.1, 0.15) is 94.6 Å². The van der Waals surface area contributed by atoms with Crippen LogP contribution >= 0.6 is 0 Å². The number of benzene rings is 1. The first-order valence-corrected chi connectivity index (χ1v) is 12.0. The van der Waals surface area contributed by atoms with Crippen LogP contribution in [-0.4, -0.2) is 6.04 Å². The molecule has 28 heavy (non-hydrogen) atoms. The fourth-order valence-electron chi connectivity index (χ4n) is 7.63. The highest BCUT2D eigenvalue weighted by Gasteiger charge is 2.48. The Morgan fingerprint density at radius 2 is 1.54 bits per heavy atom. The molecule has 1 heteroatoms. The highest BCUT2D eigenvalue weighted by Crippen LogP contribution is 2.59. The maximum absolute atomic E-state index is 6.37. The minimum atomic E-state index is 0.251. The maximum atomic E-state index is 6.37. The van der Waals surface area contributed by atoms with Crippen molar-refractivity contribution >= 4 is 0 Å². The van der Waals surface area contributed by atoms with Crippen molar-refractivity contribution in [1.82, 2.24) is 0 Å². The highest BCUT2D eigenvalue weighted by atomic mass is 14.7. The van der Waals surface area contributed by atoms with E-state index in [4.69, 9.17) is 5.73 Å². The zero-order valence-corrected chi connectivity index (χ0v) is 17.6. The summed E-state index contributed by atoms with van der Waals surface area (Å²) in [4.78, 5) is 0. The van der Waals surface area contributed by atoms with Crippen molar-refractivity contribution < 1.29 is 0 Å². The Balaban J connectivity index is 1.27. The van der Waals surface area contributed by atoms with Gasteiger partial charge in [0, 0.05) is 18.0 Å². The standard InChI is InChI=1S/C27H37N/c1-19(28)27(11-3-2-4-12-27)13-5-6-20-7-9-23(10-8-20)26-24-15-21-14-22(17-24)18-25(26)16-21/h7-10,19,21-22,24-26H,2-4,11-18,28H2,1H3. The van der Waals surface area contributed by atoms with Gasteiger partial charge in [0.2, 0.25) is 0 Å². The second-order valence-corrected chi connectivity index (χ2v) is 10.8. The van der Waals surface area contributed by atoms with E-state index in [1.165, 1.54) is 69.8 Å². The van der Waals surface area contributed by atoms with E-state index in [1.807, 2.05) is 0 Å². The lowest BCUT2D eigenvalue weighted by Gasteiger charge is -2.54. The van der Waals surface area contributed by atoms with Gasteiger partial charge in [-0.25, -0.2) is 0 Å². The summed E-state index contributed by atoms with van der Waals surface area (Å²) in [5.74, 6) is 11.8. The van der Waals surface area contributed by atoms with Gasteiger partial charge in [0.1, 0.15) is 0 Å². The maximum Gasteiger partial charge on any atom is 0.0245 e. The lowest BCUT2D eigenvalue weighted by atomic mass is 9.51. The molecule has 5 aliphatic rings. The third kappa shape index (κ3) is 3.43. The van der Waals surface area contributed by atoms with Crippen LogP contribution in [0.25, 0.3) is 0 Å². The SMILES string of the molecule is CC(N)C1(CC#Cc2ccc(C3C4CC5CC(C4)CC3C5)cc2)CCCCC1. The molecule has 0 aromatic heterocycles. The Bertz CT molecular complexity index is 713. The number of rotatable bonds is 3. The molecule has 1 nitrogen and oxygen atoms in total. The number of nitrogens with two attached hydrogens (primary N) is 1. The molecule has 0 saturated heterocycles. The predicted molar refractivity (Wildman–Crippen MR) is 117 cm³/mol. The van der Waals surface area contributed by atoms with E-state index >= 15 is 0 Å². The molecule has 1 aromatic carbocycles. The van der Waals surface area contributed by atoms with Crippen LogP contribution < -0.4 is 5.73 Å². The van der Waals surface area contributed by atoms with E-state index in [0.29, 0.717) is 0 Å². The van der Waals surface area contributed by atoms with Crippen molar-refractivity contribution in [3.8, 4) is 11.8 Å². The van der Waals surface area contributed by atoms with Gasteiger partial charge in [-0.2, -0.15) is 0 Å². The van der Waals surface area contributed by atoms with Crippen LogP contribution in [0.15, 0.2) is 24.3 Å². The smallest absolute Gasteiger partial charge is 0.0245 e. The van der Waals surface area contributed by atoms with E-state index in [9.17, 15) is 0 Å². The Morgan fingerprint density at radius 1 is 0.929 bits per heavy atom. The first-order chi connectivity index (χ1) is 13.6. The van der Waals surface area contributed by atoms with Crippen molar-refractivity contribution in [3.05, 3.63) is 35.4 Å². The fraction of sp³-hybridized carbons (Fsp3) is 0.704. The molecule has 0 amide bonds. The zero-order chi connectivity index (χ0) is 19.1. The second kappa shape index (κ2) is 7.53. The van der Waals surface area contributed by atoms with Crippen LogP contribution in [0.3, 0.4) is 0 Å². The van der Waals surface area contributed by atoms with E-state index in [2.05, 4.69) is 43.0 Å². The molecule has 5 saturated carbocycles. The van der Waals surface area contributed by atoms with Crippen molar-refractivity contribution in [2.75, 3.05) is 0 Å². The summed E-state index contributed by atoms with van der Waals surface area (Å²) in [7, 11) is 0. The summed E-state index contributed by atoms with van der Waals surface area (Å²) in [5.41, 5.74) is 9.41. The first-order valence-electron chi connectivity index (χ1n) is 12.0. The van der Waals surface area contributed by atoms with Crippen molar-refractivity contribution in [2.45, 2.75) is 89.5 Å². The summed E-state index contributed by atoms with van der Waals surface area (Å²) in [6.07, 6.45) is 15.0. The van der Waals surface area contributed by atoms with Gasteiger partial charge >= 0.3 is 0 Å². The molecular weight excluding hydrogens is 338 g/mol. The molecule has 4 bridgehead atoms. The molecule has 1 atom stereocenters. The van der Waals surface area contributed by atoms with E-state index < -0.39 is 0 Å². The van der Waals surface area contributed by atoms with Gasteiger partial charge < -0.3 is 5.73 Å². The van der Waals surface area contributed by atoms with Gasteiger partial charge in [-0.15, -0.1) is 0 Å². The summed E-state index contributed by atoms with van der Waals surface area (Å²) < 4.78 is 0. The van der Waals surface area contributed by atoms with Gasteiger partial charge in [-0.05, 0) is 105 Å². The Labute approximate surface area is 171 Å². The molecule has 0 heterocycles.